The number of Topliss-reactive ketones (excluding diaryl/α,β-unsaturated/α-hetero) is 1. The van der Waals surface area contributed by atoms with Crippen LogP contribution in [-0.4, -0.2) is 24.7 Å². The molecule has 0 spiro atoms. The fourth-order valence-corrected chi connectivity index (χ4v) is 4.13. The van der Waals surface area contributed by atoms with E-state index in [9.17, 15) is 4.79 Å². The van der Waals surface area contributed by atoms with E-state index in [0.717, 1.165) is 58.2 Å². The molecule has 1 aromatic heterocycles. The first kappa shape index (κ1) is 18.7. The van der Waals surface area contributed by atoms with Crippen LogP contribution in [0.1, 0.15) is 29.7 Å². The average Bonchev–Trinajstić information content (AvgIpc) is 3.45. The molecular formula is C25H23NO4. The summed E-state index contributed by atoms with van der Waals surface area (Å²) in [5, 5.41) is 0. The number of carbonyl (C=O) groups excluding carboxylic acids is 1. The summed E-state index contributed by atoms with van der Waals surface area (Å²) in [4.78, 5) is 18.1. The maximum atomic E-state index is 13.3. The number of benzene rings is 2. The summed E-state index contributed by atoms with van der Waals surface area (Å²) in [6.45, 7) is 2.28. The minimum Gasteiger partial charge on any atom is -0.496 e. The Kier molecular flexibility index (Phi) is 4.46. The van der Waals surface area contributed by atoms with Crippen molar-refractivity contribution in [3.8, 4) is 28.5 Å². The Bertz CT molecular complexity index is 1130. The molecule has 2 aliphatic rings. The lowest BCUT2D eigenvalue weighted by molar-refractivity contribution is -0.120. The fraction of sp³-hybridized carbons (Fsp3) is 0.280. The first-order chi connectivity index (χ1) is 14.6. The highest BCUT2D eigenvalue weighted by atomic mass is 16.7. The maximum absolute atomic E-state index is 13.3. The Balaban J connectivity index is 1.41. The number of ether oxygens (including phenoxy) is 3. The molecule has 0 radical (unpaired) electrons. The van der Waals surface area contributed by atoms with Crippen LogP contribution in [-0.2, 0) is 16.6 Å². The van der Waals surface area contributed by atoms with Crippen molar-refractivity contribution in [3.63, 3.8) is 0 Å². The summed E-state index contributed by atoms with van der Waals surface area (Å²) in [6.07, 6.45) is 2.02. The molecule has 152 valence electrons. The fourth-order valence-electron chi connectivity index (χ4n) is 4.13. The Hall–Kier alpha value is -3.34. The number of hydrogen-bond donors (Lipinski definition) is 0. The first-order valence-corrected chi connectivity index (χ1v) is 10.1. The van der Waals surface area contributed by atoms with Gasteiger partial charge in [-0.15, -0.1) is 0 Å². The van der Waals surface area contributed by atoms with Gasteiger partial charge in [-0.2, -0.15) is 0 Å². The molecular weight excluding hydrogens is 378 g/mol. The molecule has 1 fully saturated rings. The quantitative estimate of drug-likeness (QED) is 0.602. The van der Waals surface area contributed by atoms with Crippen molar-refractivity contribution in [2.45, 2.75) is 31.6 Å². The summed E-state index contributed by atoms with van der Waals surface area (Å²) >= 11 is 0. The minimum absolute atomic E-state index is 0.197. The van der Waals surface area contributed by atoms with E-state index in [0.29, 0.717) is 6.42 Å². The SMILES string of the molecule is COc1ccc(C)cc1-c1cccc(CC(=O)C2(c3ccc4c(c3)OCO4)CC2)n1. The zero-order chi connectivity index (χ0) is 20.7. The Morgan fingerprint density at radius 2 is 1.90 bits per heavy atom. The normalized spacial score (nSPS) is 15.7. The van der Waals surface area contributed by atoms with Crippen molar-refractivity contribution in [3.05, 3.63) is 71.4 Å². The Labute approximate surface area is 175 Å². The number of aromatic nitrogens is 1. The third-order valence-corrected chi connectivity index (χ3v) is 5.99. The molecule has 0 atom stereocenters. The topological polar surface area (TPSA) is 57.7 Å². The number of rotatable bonds is 6. The Morgan fingerprint density at radius 1 is 1.07 bits per heavy atom. The third-order valence-electron chi connectivity index (χ3n) is 5.99. The van der Waals surface area contributed by atoms with Gasteiger partial charge in [0.05, 0.1) is 18.2 Å². The van der Waals surface area contributed by atoms with Crippen molar-refractivity contribution in [1.82, 2.24) is 4.98 Å². The summed E-state index contributed by atoms with van der Waals surface area (Å²) < 4.78 is 16.4. The molecule has 5 nitrogen and oxygen atoms in total. The van der Waals surface area contributed by atoms with Gasteiger partial charge in [-0.25, -0.2) is 0 Å². The number of carbonyl (C=O) groups is 1. The van der Waals surface area contributed by atoms with Crippen LogP contribution in [0.15, 0.2) is 54.6 Å². The number of nitrogens with zero attached hydrogens (tertiary/aromatic N) is 1. The van der Waals surface area contributed by atoms with Gasteiger partial charge >= 0.3 is 0 Å². The maximum Gasteiger partial charge on any atom is 0.231 e. The molecule has 2 aromatic carbocycles. The number of aryl methyl sites for hydroxylation is 1. The number of pyridine rings is 1. The van der Waals surface area contributed by atoms with Crippen LogP contribution in [0.2, 0.25) is 0 Å². The van der Waals surface area contributed by atoms with Gasteiger partial charge < -0.3 is 14.2 Å². The summed E-state index contributed by atoms with van der Waals surface area (Å²) in [5.41, 5.74) is 4.23. The number of hydrogen-bond acceptors (Lipinski definition) is 5. The smallest absolute Gasteiger partial charge is 0.231 e. The van der Waals surface area contributed by atoms with Crippen LogP contribution in [0.25, 0.3) is 11.3 Å². The monoisotopic (exact) mass is 401 g/mol. The van der Waals surface area contributed by atoms with Crippen molar-refractivity contribution >= 4 is 5.78 Å². The molecule has 2 heterocycles. The lowest BCUT2D eigenvalue weighted by Crippen LogP contribution is -2.23. The van der Waals surface area contributed by atoms with E-state index in [2.05, 4.69) is 6.07 Å². The van der Waals surface area contributed by atoms with Crippen molar-refractivity contribution in [1.29, 1.82) is 0 Å². The van der Waals surface area contributed by atoms with Crippen LogP contribution < -0.4 is 14.2 Å². The molecule has 0 amide bonds. The minimum atomic E-state index is -0.431. The third kappa shape index (κ3) is 3.20. The molecule has 0 bridgehead atoms. The van der Waals surface area contributed by atoms with Crippen molar-refractivity contribution in [2.75, 3.05) is 13.9 Å². The highest BCUT2D eigenvalue weighted by Crippen LogP contribution is 2.51. The van der Waals surface area contributed by atoms with Crippen LogP contribution in [0.5, 0.6) is 17.2 Å². The molecule has 5 rings (SSSR count). The van der Waals surface area contributed by atoms with Gasteiger partial charge in [0.1, 0.15) is 11.5 Å². The van der Waals surface area contributed by atoms with Gasteiger partial charge in [0.15, 0.2) is 11.5 Å². The van der Waals surface area contributed by atoms with E-state index in [1.165, 1.54) is 0 Å². The first-order valence-electron chi connectivity index (χ1n) is 10.1. The second-order valence-corrected chi connectivity index (χ2v) is 7.97. The van der Waals surface area contributed by atoms with Crippen LogP contribution >= 0.6 is 0 Å². The van der Waals surface area contributed by atoms with E-state index in [-0.39, 0.29) is 12.6 Å². The van der Waals surface area contributed by atoms with Crippen molar-refractivity contribution < 1.29 is 19.0 Å². The van der Waals surface area contributed by atoms with Gasteiger partial charge in [0, 0.05) is 17.7 Å². The highest BCUT2D eigenvalue weighted by Gasteiger charge is 2.50. The number of fused-ring (bicyclic) bond motifs is 1. The van der Waals surface area contributed by atoms with Crippen LogP contribution in [0.3, 0.4) is 0 Å². The number of methoxy groups -OCH3 is 1. The molecule has 0 saturated heterocycles. The lowest BCUT2D eigenvalue weighted by atomic mass is 9.88. The second-order valence-electron chi connectivity index (χ2n) is 7.97. The summed E-state index contributed by atoms with van der Waals surface area (Å²) in [5.74, 6) is 2.43. The lowest BCUT2D eigenvalue weighted by Gasteiger charge is -2.15. The van der Waals surface area contributed by atoms with E-state index in [1.54, 1.807) is 7.11 Å². The molecule has 3 aromatic rings. The summed E-state index contributed by atoms with van der Waals surface area (Å²) in [7, 11) is 1.66. The number of ketones is 1. The average molecular weight is 401 g/mol. The van der Waals surface area contributed by atoms with Gasteiger partial charge in [-0.1, -0.05) is 23.8 Å². The molecule has 1 aliphatic carbocycles. The standard InChI is InChI=1S/C25H23NO4/c1-16-6-8-21(28-2)19(12-16)20-5-3-4-18(26-20)14-24(27)25(10-11-25)17-7-9-22-23(13-17)30-15-29-22/h3-9,12-13H,10-11,14-15H2,1-2H3. The van der Waals surface area contributed by atoms with Gasteiger partial charge in [-0.05, 0) is 61.7 Å². The van der Waals surface area contributed by atoms with Crippen LogP contribution in [0.4, 0.5) is 0 Å². The van der Waals surface area contributed by atoms with Gasteiger partial charge in [-0.3, -0.25) is 9.78 Å². The Morgan fingerprint density at radius 3 is 2.70 bits per heavy atom. The van der Waals surface area contributed by atoms with E-state index < -0.39 is 5.41 Å². The zero-order valence-electron chi connectivity index (χ0n) is 17.1. The molecule has 30 heavy (non-hydrogen) atoms. The molecule has 0 N–H and O–H groups in total. The highest BCUT2D eigenvalue weighted by molar-refractivity contribution is 5.94. The molecule has 1 saturated carbocycles. The van der Waals surface area contributed by atoms with E-state index in [4.69, 9.17) is 19.2 Å². The second kappa shape index (κ2) is 7.17. The van der Waals surface area contributed by atoms with E-state index in [1.807, 2.05) is 55.5 Å². The van der Waals surface area contributed by atoms with Gasteiger partial charge in [0.25, 0.3) is 0 Å². The summed E-state index contributed by atoms with van der Waals surface area (Å²) in [6, 6.07) is 17.7. The molecule has 5 heteroatoms. The van der Waals surface area contributed by atoms with Gasteiger partial charge in [0.2, 0.25) is 6.79 Å². The van der Waals surface area contributed by atoms with E-state index >= 15 is 0 Å². The molecule has 1 aliphatic heterocycles. The zero-order valence-corrected chi connectivity index (χ0v) is 17.1. The van der Waals surface area contributed by atoms with Crippen LogP contribution in [0, 0.1) is 6.92 Å². The predicted molar refractivity (Wildman–Crippen MR) is 113 cm³/mol. The van der Waals surface area contributed by atoms with Crippen molar-refractivity contribution in [2.24, 2.45) is 0 Å². The predicted octanol–water partition coefficient (Wildman–Crippen LogP) is 4.64. The molecule has 0 unspecified atom stereocenters. The largest absolute Gasteiger partial charge is 0.496 e.